The van der Waals surface area contributed by atoms with E-state index < -0.39 is 0 Å². The first-order valence-corrected chi connectivity index (χ1v) is 6.27. The summed E-state index contributed by atoms with van der Waals surface area (Å²) in [5.74, 6) is 0. The van der Waals surface area contributed by atoms with Crippen LogP contribution in [0.4, 0.5) is 0 Å². The van der Waals surface area contributed by atoms with Crippen molar-refractivity contribution in [2.24, 2.45) is 0 Å². The second-order valence-corrected chi connectivity index (χ2v) is 5.02. The van der Waals surface area contributed by atoms with Gasteiger partial charge in [-0.3, -0.25) is 9.88 Å². The van der Waals surface area contributed by atoms with Gasteiger partial charge in [0.2, 0.25) is 0 Å². The normalized spacial score (nSPS) is 30.2. The van der Waals surface area contributed by atoms with Gasteiger partial charge < -0.3 is 5.32 Å². The lowest BCUT2D eigenvalue weighted by Crippen LogP contribution is -2.34. The first-order chi connectivity index (χ1) is 7.90. The van der Waals surface area contributed by atoms with Crippen molar-refractivity contribution >= 4 is 0 Å². The minimum absolute atomic E-state index is 0.731. The SMILES string of the molecule is c1cc(CN2CCC3CCC(C2)N3)ccn1. The van der Waals surface area contributed by atoms with Crippen molar-refractivity contribution in [3.63, 3.8) is 0 Å². The van der Waals surface area contributed by atoms with Gasteiger partial charge in [0.15, 0.2) is 0 Å². The summed E-state index contributed by atoms with van der Waals surface area (Å²) in [4.78, 5) is 6.64. The molecule has 1 aromatic heterocycles. The Kier molecular flexibility index (Phi) is 2.89. The van der Waals surface area contributed by atoms with Crippen LogP contribution in [0.1, 0.15) is 24.8 Å². The minimum atomic E-state index is 0.731. The third kappa shape index (κ3) is 2.25. The smallest absolute Gasteiger partial charge is 0.0271 e. The van der Waals surface area contributed by atoms with E-state index in [0.29, 0.717) is 0 Å². The van der Waals surface area contributed by atoms with Crippen LogP contribution >= 0.6 is 0 Å². The molecule has 16 heavy (non-hydrogen) atoms. The van der Waals surface area contributed by atoms with Gasteiger partial charge >= 0.3 is 0 Å². The molecule has 0 saturated carbocycles. The fourth-order valence-corrected chi connectivity index (χ4v) is 2.91. The standard InChI is InChI=1S/C13H19N3/c1-2-13-10-16(8-5-12(1)15-13)9-11-3-6-14-7-4-11/h3-4,6-7,12-13,15H,1-2,5,8-10H2. The zero-order chi connectivity index (χ0) is 10.8. The summed E-state index contributed by atoms with van der Waals surface area (Å²) in [6.07, 6.45) is 7.82. The van der Waals surface area contributed by atoms with Gasteiger partial charge in [-0.25, -0.2) is 0 Å². The molecule has 0 radical (unpaired) electrons. The van der Waals surface area contributed by atoms with E-state index in [1.54, 1.807) is 0 Å². The van der Waals surface area contributed by atoms with Crippen molar-refractivity contribution < 1.29 is 0 Å². The molecular formula is C13H19N3. The molecule has 3 rings (SSSR count). The predicted molar refractivity (Wildman–Crippen MR) is 64.1 cm³/mol. The average Bonchev–Trinajstić information content (AvgIpc) is 2.64. The van der Waals surface area contributed by atoms with Crippen LogP contribution in [0.25, 0.3) is 0 Å². The molecule has 0 aliphatic carbocycles. The number of aromatic nitrogens is 1. The second kappa shape index (κ2) is 4.52. The maximum absolute atomic E-state index is 4.06. The van der Waals surface area contributed by atoms with E-state index in [1.165, 1.54) is 37.9 Å². The van der Waals surface area contributed by atoms with Crippen LogP contribution in [0.15, 0.2) is 24.5 Å². The summed E-state index contributed by atoms with van der Waals surface area (Å²) in [6.45, 7) is 3.52. The highest BCUT2D eigenvalue weighted by molar-refractivity contribution is 5.09. The van der Waals surface area contributed by atoms with E-state index in [9.17, 15) is 0 Å². The number of rotatable bonds is 2. The molecule has 86 valence electrons. The van der Waals surface area contributed by atoms with Crippen molar-refractivity contribution in [3.05, 3.63) is 30.1 Å². The molecule has 1 N–H and O–H groups in total. The van der Waals surface area contributed by atoms with Crippen LogP contribution < -0.4 is 5.32 Å². The Morgan fingerprint density at radius 2 is 2.00 bits per heavy atom. The Hall–Kier alpha value is -0.930. The highest BCUT2D eigenvalue weighted by atomic mass is 15.2. The first kappa shape index (κ1) is 10.2. The maximum atomic E-state index is 4.06. The monoisotopic (exact) mass is 217 g/mol. The van der Waals surface area contributed by atoms with Crippen LogP contribution in [0, 0.1) is 0 Å². The first-order valence-electron chi connectivity index (χ1n) is 6.27. The van der Waals surface area contributed by atoms with Gasteiger partial charge in [0.25, 0.3) is 0 Å². The van der Waals surface area contributed by atoms with Crippen molar-refractivity contribution in [1.29, 1.82) is 0 Å². The molecule has 0 amide bonds. The Morgan fingerprint density at radius 1 is 1.19 bits per heavy atom. The zero-order valence-electron chi connectivity index (χ0n) is 9.60. The van der Waals surface area contributed by atoms with Gasteiger partial charge in [-0.15, -0.1) is 0 Å². The number of likely N-dealkylation sites (tertiary alicyclic amines) is 1. The molecule has 2 atom stereocenters. The Morgan fingerprint density at radius 3 is 2.88 bits per heavy atom. The van der Waals surface area contributed by atoms with Crippen LogP contribution in [-0.4, -0.2) is 35.1 Å². The van der Waals surface area contributed by atoms with E-state index in [-0.39, 0.29) is 0 Å². The second-order valence-electron chi connectivity index (χ2n) is 5.02. The highest BCUT2D eigenvalue weighted by Gasteiger charge is 2.28. The molecule has 2 unspecified atom stereocenters. The van der Waals surface area contributed by atoms with Crippen molar-refractivity contribution in [3.8, 4) is 0 Å². The average molecular weight is 217 g/mol. The molecule has 0 aromatic carbocycles. The van der Waals surface area contributed by atoms with Crippen LogP contribution in [-0.2, 0) is 6.54 Å². The number of nitrogens with one attached hydrogen (secondary N) is 1. The molecule has 2 saturated heterocycles. The Labute approximate surface area is 96.9 Å². The quantitative estimate of drug-likeness (QED) is 0.812. The van der Waals surface area contributed by atoms with E-state index in [4.69, 9.17) is 0 Å². The maximum Gasteiger partial charge on any atom is 0.0271 e. The summed E-state index contributed by atoms with van der Waals surface area (Å²) in [7, 11) is 0. The highest BCUT2D eigenvalue weighted by Crippen LogP contribution is 2.21. The molecule has 3 heteroatoms. The molecule has 2 fully saturated rings. The lowest BCUT2D eigenvalue weighted by Gasteiger charge is -2.23. The van der Waals surface area contributed by atoms with Crippen LogP contribution in [0.5, 0.6) is 0 Å². The van der Waals surface area contributed by atoms with Crippen LogP contribution in [0.3, 0.4) is 0 Å². The zero-order valence-corrected chi connectivity index (χ0v) is 9.60. The van der Waals surface area contributed by atoms with Gasteiger partial charge in [0.05, 0.1) is 0 Å². The van der Waals surface area contributed by atoms with E-state index in [0.717, 1.165) is 18.6 Å². The molecule has 3 heterocycles. The topological polar surface area (TPSA) is 28.2 Å². The van der Waals surface area contributed by atoms with Gasteiger partial charge in [0, 0.05) is 44.1 Å². The number of fused-ring (bicyclic) bond motifs is 2. The van der Waals surface area contributed by atoms with E-state index in [1.807, 2.05) is 12.4 Å². The fourth-order valence-electron chi connectivity index (χ4n) is 2.91. The number of hydrogen-bond acceptors (Lipinski definition) is 3. The van der Waals surface area contributed by atoms with Gasteiger partial charge in [-0.1, -0.05) is 0 Å². The molecule has 3 nitrogen and oxygen atoms in total. The summed E-state index contributed by atoms with van der Waals surface area (Å²) in [5, 5.41) is 3.71. The van der Waals surface area contributed by atoms with E-state index in [2.05, 4.69) is 27.3 Å². The summed E-state index contributed by atoms with van der Waals surface area (Å²) in [6, 6.07) is 5.76. The van der Waals surface area contributed by atoms with E-state index >= 15 is 0 Å². The Balaban J connectivity index is 1.63. The van der Waals surface area contributed by atoms with Gasteiger partial charge in [-0.2, -0.15) is 0 Å². The van der Waals surface area contributed by atoms with Gasteiger partial charge in [-0.05, 0) is 37.0 Å². The third-order valence-electron chi connectivity index (χ3n) is 3.76. The third-order valence-corrected chi connectivity index (χ3v) is 3.76. The molecule has 1 aromatic rings. The fraction of sp³-hybridized carbons (Fsp3) is 0.615. The van der Waals surface area contributed by atoms with Crippen molar-refractivity contribution in [2.75, 3.05) is 13.1 Å². The predicted octanol–water partition coefficient (Wildman–Crippen LogP) is 1.41. The number of pyridine rings is 1. The molecule has 0 spiro atoms. The lowest BCUT2D eigenvalue weighted by atomic mass is 10.1. The molecule has 2 aliphatic heterocycles. The molecular weight excluding hydrogens is 198 g/mol. The van der Waals surface area contributed by atoms with Gasteiger partial charge in [0.1, 0.15) is 0 Å². The Bertz CT molecular complexity index is 338. The van der Waals surface area contributed by atoms with Crippen molar-refractivity contribution in [1.82, 2.24) is 15.2 Å². The number of hydrogen-bond donors (Lipinski definition) is 1. The largest absolute Gasteiger partial charge is 0.310 e. The lowest BCUT2D eigenvalue weighted by molar-refractivity contribution is 0.251. The summed E-state index contributed by atoms with van der Waals surface area (Å²) in [5.41, 5.74) is 1.38. The summed E-state index contributed by atoms with van der Waals surface area (Å²) >= 11 is 0. The number of nitrogens with zero attached hydrogens (tertiary/aromatic N) is 2. The van der Waals surface area contributed by atoms with Crippen molar-refractivity contribution in [2.45, 2.75) is 37.9 Å². The minimum Gasteiger partial charge on any atom is -0.310 e. The molecule has 2 bridgehead atoms. The molecule has 2 aliphatic rings. The van der Waals surface area contributed by atoms with Crippen LogP contribution in [0.2, 0.25) is 0 Å². The summed E-state index contributed by atoms with van der Waals surface area (Å²) < 4.78 is 0.